The molecule has 1 unspecified atom stereocenters. The van der Waals surface area contributed by atoms with Crippen molar-refractivity contribution in [3.8, 4) is 63.6 Å². The number of phenolic OH excluding ortho intramolecular Hbond substituents is 2. The van der Waals surface area contributed by atoms with Crippen molar-refractivity contribution in [3.63, 3.8) is 0 Å². The van der Waals surface area contributed by atoms with E-state index >= 15 is 0 Å². The molecule has 454 valence electrons. The van der Waals surface area contributed by atoms with Crippen LogP contribution in [0.5, 0.6) is 28.7 Å². The summed E-state index contributed by atoms with van der Waals surface area (Å²) < 4.78 is 34.3. The lowest BCUT2D eigenvalue weighted by Gasteiger charge is -2.40. The molecular weight excluding hydrogens is 1130 g/mol. The van der Waals surface area contributed by atoms with Crippen molar-refractivity contribution < 1.29 is 43.8 Å². The normalized spacial score (nSPS) is 32.9. The summed E-state index contributed by atoms with van der Waals surface area (Å²) >= 11 is 0. The van der Waals surface area contributed by atoms with Gasteiger partial charge in [-0.1, -0.05) is 94.3 Å². The highest BCUT2D eigenvalue weighted by molar-refractivity contribution is 8.76. The van der Waals surface area contributed by atoms with Crippen LogP contribution >= 0.6 is 21.6 Å². The van der Waals surface area contributed by atoms with Gasteiger partial charge in [0.05, 0.1) is 37.5 Å². The number of hydrogen-bond acceptors (Lipinski definition) is 15. The Bertz CT molecular complexity index is 3670. The van der Waals surface area contributed by atoms with Gasteiger partial charge in [0.25, 0.3) is 0 Å². The number of aliphatic hydroxyl groups excluding tert-OH is 1. The van der Waals surface area contributed by atoms with Crippen LogP contribution in [-0.2, 0) is 51.9 Å². The number of carbonyl (C=O) groups is 1. The van der Waals surface area contributed by atoms with E-state index in [-0.39, 0.29) is 79.0 Å². The number of esters is 1. The van der Waals surface area contributed by atoms with Gasteiger partial charge in [-0.2, -0.15) is 0 Å². The molecule has 1 saturated heterocycles. The molecular formula is C72H80N4O9S2. The molecule has 12 bridgehead atoms. The summed E-state index contributed by atoms with van der Waals surface area (Å²) in [6.07, 6.45) is 18.8. The van der Waals surface area contributed by atoms with E-state index in [1.54, 1.807) is 20.3 Å². The SMILES string of the molecule is COC[C@H]1[C@H](CO)[C@H]2CCCc3ccc4cc3C[C@@H]1C#C[C@H]1C#CC3=C(C=CC(N)N3)[C@H](C4)[C@@H]3CC[C@]4(Cc5cc(O)cc(OC)c5-c5ccc6c(c54)O[C@H](c4c5c(c(O)c(c41)CN2)O[C@@H]1CSSC[C@@H]2CCC[C@@H](C2)N[C@H]1C=C5)[C@H]6COC(C)=O)C3. The van der Waals surface area contributed by atoms with E-state index in [0.29, 0.717) is 59.8 Å². The molecule has 4 aromatic carbocycles. The number of nitrogens with one attached hydrogen (secondary N) is 3. The second-order valence-corrected chi connectivity index (χ2v) is 29.4. The molecule has 5 aliphatic carbocycles. The Morgan fingerprint density at radius 2 is 1.79 bits per heavy atom. The van der Waals surface area contributed by atoms with Crippen molar-refractivity contribution in [3.05, 3.63) is 128 Å². The van der Waals surface area contributed by atoms with Crippen LogP contribution in [0.1, 0.15) is 138 Å². The van der Waals surface area contributed by atoms with Crippen LogP contribution in [0.15, 0.2) is 72.0 Å². The van der Waals surface area contributed by atoms with Gasteiger partial charge >= 0.3 is 5.97 Å². The first-order valence-corrected chi connectivity index (χ1v) is 34.5. The molecule has 15 rings (SSSR count). The number of nitrogens with two attached hydrogens (primary N) is 1. The first kappa shape index (κ1) is 57.4. The first-order valence-electron chi connectivity index (χ1n) is 32.0. The smallest absolute Gasteiger partial charge is 0.302 e. The third kappa shape index (κ3) is 10.2. The molecule has 6 aliphatic heterocycles. The topological polar surface area (TPSA) is 186 Å². The Morgan fingerprint density at radius 1 is 0.897 bits per heavy atom. The van der Waals surface area contributed by atoms with Crippen molar-refractivity contribution in [2.45, 2.75) is 151 Å². The van der Waals surface area contributed by atoms with E-state index in [9.17, 15) is 20.1 Å². The van der Waals surface area contributed by atoms with E-state index in [0.717, 1.165) is 120 Å². The maximum absolute atomic E-state index is 13.8. The van der Waals surface area contributed by atoms with Gasteiger partial charge in [0.2, 0.25) is 0 Å². The number of phenols is 2. The predicted octanol–water partition coefficient (Wildman–Crippen LogP) is 10.3. The van der Waals surface area contributed by atoms with Gasteiger partial charge in [0.15, 0.2) is 11.5 Å². The second kappa shape index (κ2) is 23.4. The third-order valence-corrected chi connectivity index (χ3v) is 24.4. The first-order chi connectivity index (χ1) is 42.5. The molecule has 13 nitrogen and oxygen atoms in total. The summed E-state index contributed by atoms with van der Waals surface area (Å²) in [4.78, 5) is 13.4. The molecule has 0 amide bonds. The lowest BCUT2D eigenvalue weighted by Crippen LogP contribution is -2.49. The number of aryl methyl sites for hydroxylation is 1. The Kier molecular flexibility index (Phi) is 15.5. The van der Waals surface area contributed by atoms with E-state index in [1.807, 2.05) is 27.7 Å². The van der Waals surface area contributed by atoms with E-state index < -0.39 is 35.5 Å². The van der Waals surface area contributed by atoms with Crippen LogP contribution in [0, 0.1) is 59.2 Å². The maximum Gasteiger partial charge on any atom is 0.302 e. The average molecular weight is 1210 g/mol. The molecule has 0 aromatic heterocycles. The van der Waals surface area contributed by atoms with Gasteiger partial charge in [-0.3, -0.25) is 4.79 Å². The summed E-state index contributed by atoms with van der Waals surface area (Å²) in [7, 11) is 7.20. The number of benzene rings is 4. The highest BCUT2D eigenvalue weighted by Crippen LogP contribution is 2.64. The van der Waals surface area contributed by atoms with Crippen molar-refractivity contribution in [1.29, 1.82) is 0 Å². The minimum Gasteiger partial charge on any atom is -0.508 e. The summed E-state index contributed by atoms with van der Waals surface area (Å²) in [5.74, 6) is 17.6. The molecule has 6 heterocycles. The van der Waals surface area contributed by atoms with Gasteiger partial charge < -0.3 is 60.7 Å². The number of aromatic hydroxyl groups is 2. The molecule has 15 heteroatoms. The number of allylic oxidation sites excluding steroid dienone is 3. The summed E-state index contributed by atoms with van der Waals surface area (Å²) in [6.45, 7) is 1.99. The van der Waals surface area contributed by atoms with Crippen LogP contribution in [0.25, 0.3) is 17.2 Å². The monoisotopic (exact) mass is 1210 g/mol. The number of aliphatic hydroxyl groups is 1. The van der Waals surface area contributed by atoms with Gasteiger partial charge in [-0.05, 0) is 152 Å². The number of fused-ring (bicyclic) bond motifs is 14. The number of hydrogen-bond donors (Lipinski definition) is 7. The van der Waals surface area contributed by atoms with Crippen LogP contribution < -0.4 is 35.9 Å². The summed E-state index contributed by atoms with van der Waals surface area (Å²) in [6, 6.07) is 15.2. The minimum absolute atomic E-state index is 0.00574. The maximum atomic E-state index is 13.8. The average Bonchev–Trinajstić information content (AvgIpc) is 1.63. The van der Waals surface area contributed by atoms with Gasteiger partial charge in [0, 0.05) is 113 Å². The number of rotatable bonds is 6. The molecule has 11 aliphatic rings. The van der Waals surface area contributed by atoms with Crippen LogP contribution in [0.3, 0.4) is 0 Å². The Balaban J connectivity index is 1.07. The Morgan fingerprint density at radius 3 is 2.66 bits per heavy atom. The zero-order valence-corrected chi connectivity index (χ0v) is 51.7. The fourth-order valence-electron chi connectivity index (χ4n) is 17.9. The van der Waals surface area contributed by atoms with Gasteiger partial charge in [-0.15, -0.1) is 0 Å². The lowest BCUT2D eigenvalue weighted by atomic mass is 9.64. The standard InChI is InChI=1S/C72H80N4O9S2/c1-38(78)83-35-57-50-15-16-51-64-46(28-48(79)29-61(64)82-3)31-72-23-22-44(30-72)53-26-39-10-11-41-7-5-9-58-55(33-77)56(34-81-2)43(27-45(41)24-39)13-12-42(14-19-59-49(53)18-21-63(73)76-59)65-54(32-74-58)68(80)71-52(66(65)69(57)85-70(50)67(51)72)17-20-60-62(84-71)37-87-86-36-40-6-4-8-47(25-40)75-60/h10-11,15-18,20-21,24,28-29,40,42-44,47,53,55-58,60,62-63,69,74-77,79-80H,4-9,22-23,25-27,30-37,73H2,1-3H3/t40-,42+,43+,44-,47+,53-,55+,56-,57+,58-,60+,62-,63?,69+,72-/m1/s1. The zero-order chi connectivity index (χ0) is 59.2. The fourth-order valence-corrected chi connectivity index (χ4v) is 20.5. The van der Waals surface area contributed by atoms with Crippen LogP contribution in [0.4, 0.5) is 0 Å². The zero-order valence-electron chi connectivity index (χ0n) is 50.1. The van der Waals surface area contributed by atoms with Gasteiger partial charge in [0.1, 0.15) is 42.0 Å². The van der Waals surface area contributed by atoms with Crippen LogP contribution in [0.2, 0.25) is 0 Å². The minimum atomic E-state index is -0.841. The number of ether oxygens (including phenoxy) is 5. The third-order valence-electron chi connectivity index (χ3n) is 21.9. The van der Waals surface area contributed by atoms with E-state index in [4.69, 9.17) is 29.4 Å². The molecule has 4 aromatic rings. The molecule has 2 saturated carbocycles. The van der Waals surface area contributed by atoms with Gasteiger partial charge in [-0.25, -0.2) is 0 Å². The molecule has 1 spiro atoms. The van der Waals surface area contributed by atoms with Crippen molar-refractivity contribution in [2.24, 2.45) is 41.2 Å². The highest BCUT2D eigenvalue weighted by atomic mass is 33.1. The predicted molar refractivity (Wildman–Crippen MR) is 341 cm³/mol. The van der Waals surface area contributed by atoms with Crippen molar-refractivity contribution in [1.82, 2.24) is 16.0 Å². The van der Waals surface area contributed by atoms with E-state index in [1.165, 1.54) is 36.5 Å². The molecule has 15 atom stereocenters. The van der Waals surface area contributed by atoms with Crippen molar-refractivity contribution in [2.75, 3.05) is 45.5 Å². The van der Waals surface area contributed by atoms with Crippen LogP contribution in [-0.4, -0.2) is 97.2 Å². The second-order valence-electron chi connectivity index (χ2n) is 26.8. The summed E-state index contributed by atoms with van der Waals surface area (Å²) in [5, 5.41) is 48.9. The summed E-state index contributed by atoms with van der Waals surface area (Å²) in [5.41, 5.74) is 20.0. The highest BCUT2D eigenvalue weighted by Gasteiger charge is 2.54. The number of methoxy groups -OCH3 is 2. The quantitative estimate of drug-likeness (QED) is 0.0549. The number of carbonyl (C=O) groups excluding carboxylic acids is 1. The van der Waals surface area contributed by atoms with E-state index in [2.05, 4.69) is 94.3 Å². The molecule has 3 fully saturated rings. The lowest BCUT2D eigenvalue weighted by molar-refractivity contribution is -0.141. The number of dihydropyridines is 1. The molecule has 0 radical (unpaired) electrons. The molecule has 8 N–H and O–H groups in total. The Labute approximate surface area is 519 Å². The fraction of sp³-hybridized carbons (Fsp3) is 0.514. The Hall–Kier alpha value is -6.01. The largest absolute Gasteiger partial charge is 0.508 e. The van der Waals surface area contributed by atoms with Crippen molar-refractivity contribution >= 4 is 33.6 Å². The molecule has 87 heavy (non-hydrogen) atoms.